The lowest BCUT2D eigenvalue weighted by atomic mass is 10.1. The van der Waals surface area contributed by atoms with Gasteiger partial charge in [-0.3, -0.25) is 4.79 Å². The van der Waals surface area contributed by atoms with Gasteiger partial charge in [-0.2, -0.15) is 0 Å². The molecule has 6 nitrogen and oxygen atoms in total. The molecule has 0 unspecified atom stereocenters. The number of aryl methyl sites for hydroxylation is 1. The van der Waals surface area contributed by atoms with Gasteiger partial charge >= 0.3 is 5.97 Å². The van der Waals surface area contributed by atoms with E-state index in [9.17, 15) is 9.59 Å². The Kier molecular flexibility index (Phi) is 7.70. The van der Waals surface area contributed by atoms with Gasteiger partial charge in [-0.05, 0) is 49.6 Å². The Balaban J connectivity index is 2.03. The summed E-state index contributed by atoms with van der Waals surface area (Å²) < 4.78 is 15.9. The van der Waals surface area contributed by atoms with Crippen LogP contribution in [0.1, 0.15) is 34.8 Å². The second kappa shape index (κ2) is 9.99. The van der Waals surface area contributed by atoms with Gasteiger partial charge in [0.1, 0.15) is 0 Å². The van der Waals surface area contributed by atoms with Crippen LogP contribution in [0.3, 0.4) is 0 Å². The summed E-state index contributed by atoms with van der Waals surface area (Å²) >= 11 is 6.20. The van der Waals surface area contributed by atoms with Crippen LogP contribution in [0.5, 0.6) is 11.5 Å². The van der Waals surface area contributed by atoms with Gasteiger partial charge in [-0.25, -0.2) is 4.79 Å². The summed E-state index contributed by atoms with van der Waals surface area (Å²) in [6, 6.07) is 8.50. The van der Waals surface area contributed by atoms with Crippen molar-refractivity contribution in [2.24, 2.45) is 0 Å². The second-order valence-corrected chi connectivity index (χ2v) is 6.62. The van der Waals surface area contributed by atoms with Gasteiger partial charge in [-0.1, -0.05) is 30.7 Å². The summed E-state index contributed by atoms with van der Waals surface area (Å²) in [6.07, 6.45) is 0.804. The molecule has 0 fully saturated rings. The number of halogens is 1. The monoisotopic (exact) mass is 405 g/mol. The van der Waals surface area contributed by atoms with Crippen molar-refractivity contribution in [2.45, 2.75) is 27.2 Å². The normalized spacial score (nSPS) is 10.3. The highest BCUT2D eigenvalue weighted by Crippen LogP contribution is 2.36. The molecule has 2 aromatic carbocycles. The van der Waals surface area contributed by atoms with Crippen molar-refractivity contribution in [1.29, 1.82) is 0 Å². The van der Waals surface area contributed by atoms with E-state index in [0.717, 1.165) is 17.5 Å². The molecule has 28 heavy (non-hydrogen) atoms. The third-order valence-corrected chi connectivity index (χ3v) is 4.41. The Hall–Kier alpha value is -2.73. The number of benzene rings is 2. The fourth-order valence-corrected chi connectivity index (χ4v) is 2.73. The maximum atomic E-state index is 12.3. The maximum Gasteiger partial charge on any atom is 0.338 e. The van der Waals surface area contributed by atoms with Gasteiger partial charge in [0.25, 0.3) is 5.91 Å². The molecule has 1 N–H and O–H groups in total. The molecular weight excluding hydrogens is 382 g/mol. The average Bonchev–Trinajstić information content (AvgIpc) is 2.68. The highest BCUT2D eigenvalue weighted by Gasteiger charge is 2.18. The van der Waals surface area contributed by atoms with E-state index in [1.807, 2.05) is 32.9 Å². The van der Waals surface area contributed by atoms with Crippen LogP contribution in [0, 0.1) is 13.8 Å². The molecule has 0 aliphatic rings. The van der Waals surface area contributed by atoms with Crippen molar-refractivity contribution in [3.05, 3.63) is 52.0 Å². The zero-order valence-corrected chi connectivity index (χ0v) is 17.2. The van der Waals surface area contributed by atoms with Gasteiger partial charge in [0, 0.05) is 5.69 Å². The van der Waals surface area contributed by atoms with Crippen molar-refractivity contribution >= 4 is 29.2 Å². The van der Waals surface area contributed by atoms with Crippen LogP contribution >= 0.6 is 11.6 Å². The number of nitrogens with one attached hydrogen (secondary N) is 1. The summed E-state index contributed by atoms with van der Waals surface area (Å²) in [5, 5.41) is 2.97. The first-order chi connectivity index (χ1) is 13.4. The van der Waals surface area contributed by atoms with E-state index in [0.29, 0.717) is 23.8 Å². The molecule has 0 aliphatic heterocycles. The average molecular weight is 406 g/mol. The molecule has 1 amide bonds. The van der Waals surface area contributed by atoms with Crippen LogP contribution < -0.4 is 14.8 Å². The number of rotatable bonds is 8. The molecule has 150 valence electrons. The topological polar surface area (TPSA) is 73.9 Å². The van der Waals surface area contributed by atoms with Gasteiger partial charge in [0.05, 0.1) is 24.3 Å². The van der Waals surface area contributed by atoms with Crippen LogP contribution in [0.25, 0.3) is 0 Å². The molecule has 0 radical (unpaired) electrons. The Morgan fingerprint density at radius 1 is 1.18 bits per heavy atom. The van der Waals surface area contributed by atoms with Crippen LogP contribution in [0.2, 0.25) is 5.02 Å². The van der Waals surface area contributed by atoms with Crippen LogP contribution in [-0.2, 0) is 9.53 Å². The van der Waals surface area contributed by atoms with Crippen LogP contribution in [0.4, 0.5) is 5.69 Å². The molecule has 0 atom stereocenters. The van der Waals surface area contributed by atoms with Crippen molar-refractivity contribution in [3.63, 3.8) is 0 Å². The third kappa shape index (κ3) is 5.39. The van der Waals surface area contributed by atoms with Crippen molar-refractivity contribution in [3.8, 4) is 11.5 Å². The summed E-state index contributed by atoms with van der Waals surface area (Å²) in [6.45, 7) is 5.89. The number of hydrogen-bond acceptors (Lipinski definition) is 5. The maximum absolute atomic E-state index is 12.3. The van der Waals surface area contributed by atoms with Gasteiger partial charge in [-0.15, -0.1) is 0 Å². The molecule has 0 saturated carbocycles. The Morgan fingerprint density at radius 3 is 2.61 bits per heavy atom. The number of ether oxygens (including phenoxy) is 3. The summed E-state index contributed by atoms with van der Waals surface area (Å²) in [7, 11) is 1.46. The van der Waals surface area contributed by atoms with Crippen molar-refractivity contribution in [1.82, 2.24) is 0 Å². The molecule has 0 saturated heterocycles. The van der Waals surface area contributed by atoms with Gasteiger partial charge in [0.15, 0.2) is 18.1 Å². The first-order valence-electron chi connectivity index (χ1n) is 8.90. The number of hydrogen-bond donors (Lipinski definition) is 1. The molecule has 2 rings (SSSR count). The number of carbonyl (C=O) groups is 2. The Bertz CT molecular complexity index is 866. The molecule has 0 heterocycles. The molecular formula is C21H24ClNO5. The number of anilines is 1. The molecule has 0 spiro atoms. The standard InChI is InChI=1S/C21H24ClNO5/c1-5-9-27-20-16(22)10-15(11-18(20)26-4)21(25)28-12-19(24)23-17-8-6-7-13(2)14(17)3/h6-8,10-11H,5,9,12H2,1-4H3,(H,23,24). The van der Waals surface area contributed by atoms with Gasteiger partial charge in [0.2, 0.25) is 0 Å². The lowest BCUT2D eigenvalue weighted by molar-refractivity contribution is -0.119. The first-order valence-corrected chi connectivity index (χ1v) is 9.28. The predicted octanol–water partition coefficient (Wildman–Crippen LogP) is 4.55. The van der Waals surface area contributed by atoms with Crippen molar-refractivity contribution < 1.29 is 23.8 Å². The van der Waals surface area contributed by atoms with E-state index in [4.69, 9.17) is 25.8 Å². The largest absolute Gasteiger partial charge is 0.493 e. The Morgan fingerprint density at radius 2 is 1.93 bits per heavy atom. The zero-order valence-electron chi connectivity index (χ0n) is 16.4. The van der Waals surface area contributed by atoms with E-state index in [2.05, 4.69) is 5.32 Å². The fourth-order valence-electron chi connectivity index (χ4n) is 2.47. The Labute approximate surface area is 169 Å². The van der Waals surface area contributed by atoms with E-state index in [-0.39, 0.29) is 10.6 Å². The SMILES string of the molecule is CCCOc1c(Cl)cc(C(=O)OCC(=O)Nc2cccc(C)c2C)cc1OC. The minimum absolute atomic E-state index is 0.172. The van der Waals surface area contributed by atoms with E-state index >= 15 is 0 Å². The zero-order chi connectivity index (χ0) is 20.7. The van der Waals surface area contributed by atoms with Gasteiger partial charge < -0.3 is 19.5 Å². The third-order valence-electron chi connectivity index (χ3n) is 4.13. The number of esters is 1. The van der Waals surface area contributed by atoms with Crippen molar-refractivity contribution in [2.75, 3.05) is 25.6 Å². The molecule has 0 aliphatic carbocycles. The quantitative estimate of drug-likeness (QED) is 0.652. The highest BCUT2D eigenvalue weighted by atomic mass is 35.5. The summed E-state index contributed by atoms with van der Waals surface area (Å²) in [5.74, 6) is -0.413. The lowest BCUT2D eigenvalue weighted by Crippen LogP contribution is -2.21. The smallest absolute Gasteiger partial charge is 0.338 e. The minimum atomic E-state index is -0.682. The molecule has 7 heteroatoms. The van der Waals surface area contributed by atoms with E-state index in [1.165, 1.54) is 19.2 Å². The number of methoxy groups -OCH3 is 1. The van der Waals surface area contributed by atoms with Crippen LogP contribution in [-0.4, -0.2) is 32.2 Å². The second-order valence-electron chi connectivity index (χ2n) is 6.21. The first kappa shape index (κ1) is 21.6. The summed E-state index contributed by atoms with van der Waals surface area (Å²) in [5.41, 5.74) is 2.87. The highest BCUT2D eigenvalue weighted by molar-refractivity contribution is 6.32. The summed E-state index contributed by atoms with van der Waals surface area (Å²) in [4.78, 5) is 24.4. The number of carbonyl (C=O) groups excluding carboxylic acids is 2. The van der Waals surface area contributed by atoms with E-state index in [1.54, 1.807) is 6.07 Å². The fraction of sp³-hybridized carbons (Fsp3) is 0.333. The van der Waals surface area contributed by atoms with Crippen LogP contribution in [0.15, 0.2) is 30.3 Å². The predicted molar refractivity (Wildman–Crippen MR) is 109 cm³/mol. The molecule has 2 aromatic rings. The molecule has 0 bridgehead atoms. The van der Waals surface area contributed by atoms with E-state index < -0.39 is 18.5 Å². The minimum Gasteiger partial charge on any atom is -0.493 e. The lowest BCUT2D eigenvalue weighted by Gasteiger charge is -2.14. The number of amides is 1. The molecule has 0 aromatic heterocycles.